The molecule has 0 saturated carbocycles. The number of unbranched alkanes of at least 4 members (excludes halogenated alkanes) is 26. The van der Waals surface area contributed by atoms with Crippen LogP contribution in [0.4, 0.5) is 0 Å². The Morgan fingerprint density at radius 1 is 0.529 bits per heavy atom. The summed E-state index contributed by atoms with van der Waals surface area (Å²) < 4.78 is 30.2. The number of hydrogen-bond donors (Lipinski definition) is 1. The second-order valence-electron chi connectivity index (χ2n) is 20.1. The van der Waals surface area contributed by atoms with Crippen molar-refractivity contribution in [2.75, 3.05) is 40.9 Å². The standard InChI is InChI=1S/C58H107N2O7P/c1-7-10-13-16-19-22-25-27-29-30-31-33-36-39-42-45-48-51-58(62)67-56(49-46-43-40-37-34-24-21-18-15-12-9-3)55(54-66-68(63,64)65-53-52-60(4,5)6)59-57(61)50-47-44-41-38-35-32-28-26-23-20-17-14-11-8-2/h11,14,19-20,22-23,27,29,46,49,55-56H,7-10,12-13,15-18,21,24-26,28,30-45,47-48,50-54H2,1-6H3,(H-,59,61,63,64)/b14-11+,22-19-,23-20+,29-27-,49-46+. The minimum absolute atomic E-state index is 0.0267. The predicted molar refractivity (Wildman–Crippen MR) is 289 cm³/mol. The van der Waals surface area contributed by atoms with E-state index in [1.54, 1.807) is 0 Å². The molecule has 0 saturated heterocycles. The van der Waals surface area contributed by atoms with Gasteiger partial charge in [0, 0.05) is 12.8 Å². The molecule has 0 radical (unpaired) electrons. The van der Waals surface area contributed by atoms with Gasteiger partial charge in [0.2, 0.25) is 5.91 Å². The van der Waals surface area contributed by atoms with Gasteiger partial charge in [-0.3, -0.25) is 14.2 Å². The van der Waals surface area contributed by atoms with E-state index in [1.165, 1.54) is 109 Å². The van der Waals surface area contributed by atoms with E-state index in [2.05, 4.69) is 74.7 Å². The van der Waals surface area contributed by atoms with Crippen molar-refractivity contribution < 1.29 is 37.3 Å². The van der Waals surface area contributed by atoms with Crippen LogP contribution in [0.25, 0.3) is 0 Å². The third-order valence-electron chi connectivity index (χ3n) is 12.2. The summed E-state index contributed by atoms with van der Waals surface area (Å²) in [7, 11) is 1.17. The molecule has 9 nitrogen and oxygen atoms in total. The Morgan fingerprint density at radius 3 is 1.43 bits per heavy atom. The number of quaternary nitrogens is 1. The maximum Gasteiger partial charge on any atom is 0.306 e. The van der Waals surface area contributed by atoms with E-state index in [0.717, 1.165) is 103 Å². The Bertz CT molecular complexity index is 1350. The van der Waals surface area contributed by atoms with Gasteiger partial charge >= 0.3 is 5.97 Å². The molecule has 0 bridgehead atoms. The lowest BCUT2D eigenvalue weighted by atomic mass is 10.1. The predicted octanol–water partition coefficient (Wildman–Crippen LogP) is 16.1. The fourth-order valence-electron chi connectivity index (χ4n) is 7.82. The van der Waals surface area contributed by atoms with Crippen molar-refractivity contribution in [2.45, 2.75) is 258 Å². The molecule has 1 amide bonds. The number of amides is 1. The molecule has 0 aromatic carbocycles. The van der Waals surface area contributed by atoms with E-state index in [4.69, 9.17) is 13.8 Å². The van der Waals surface area contributed by atoms with Crippen LogP contribution in [-0.4, -0.2) is 69.4 Å². The van der Waals surface area contributed by atoms with Gasteiger partial charge in [-0.2, -0.15) is 0 Å². The van der Waals surface area contributed by atoms with Crippen LogP contribution in [0, 0.1) is 0 Å². The monoisotopic (exact) mass is 975 g/mol. The molecule has 1 N–H and O–H groups in total. The van der Waals surface area contributed by atoms with Gasteiger partial charge in [-0.05, 0) is 89.5 Å². The summed E-state index contributed by atoms with van der Waals surface area (Å²) in [5.74, 6) is -0.560. The molecule has 0 rings (SSSR count). The summed E-state index contributed by atoms with van der Waals surface area (Å²) in [6.45, 7) is 6.69. The fourth-order valence-corrected chi connectivity index (χ4v) is 8.55. The molecule has 3 atom stereocenters. The van der Waals surface area contributed by atoms with E-state index >= 15 is 0 Å². The first-order chi connectivity index (χ1) is 32.9. The molecular formula is C58H107N2O7P. The number of allylic oxidation sites excluding steroid dienone is 9. The van der Waals surface area contributed by atoms with Crippen LogP contribution in [0.5, 0.6) is 0 Å². The second kappa shape index (κ2) is 48.3. The first kappa shape index (κ1) is 65.7. The number of carbonyl (C=O) groups excluding carboxylic acids is 2. The smallest absolute Gasteiger partial charge is 0.306 e. The van der Waals surface area contributed by atoms with Crippen molar-refractivity contribution in [1.29, 1.82) is 0 Å². The number of rotatable bonds is 50. The van der Waals surface area contributed by atoms with Crippen molar-refractivity contribution in [3.63, 3.8) is 0 Å². The molecule has 0 aromatic heterocycles. The maximum absolute atomic E-state index is 13.4. The Hall–Kier alpha value is -2.29. The van der Waals surface area contributed by atoms with Crippen LogP contribution >= 0.6 is 7.82 Å². The van der Waals surface area contributed by atoms with E-state index in [9.17, 15) is 19.0 Å². The lowest BCUT2D eigenvalue weighted by Crippen LogP contribution is -2.47. The van der Waals surface area contributed by atoms with Crippen molar-refractivity contribution in [2.24, 2.45) is 0 Å². The normalized spacial score (nSPS) is 14.3. The number of ether oxygens (including phenoxy) is 1. The number of carbonyl (C=O) groups is 2. The van der Waals surface area contributed by atoms with Crippen LogP contribution in [0.1, 0.15) is 245 Å². The van der Waals surface area contributed by atoms with Crippen molar-refractivity contribution in [3.8, 4) is 0 Å². The Kier molecular flexibility index (Phi) is 46.7. The highest BCUT2D eigenvalue weighted by molar-refractivity contribution is 7.45. The number of nitrogens with one attached hydrogen (secondary N) is 1. The first-order valence-corrected chi connectivity index (χ1v) is 29.6. The molecule has 0 aliphatic rings. The minimum Gasteiger partial charge on any atom is -0.756 e. The molecule has 10 heteroatoms. The van der Waals surface area contributed by atoms with Crippen LogP contribution < -0.4 is 10.2 Å². The fraction of sp³-hybridized carbons (Fsp3) is 0.793. The number of likely N-dealkylation sites (N-methyl/N-ethyl adjacent to an activating group) is 1. The van der Waals surface area contributed by atoms with Gasteiger partial charge in [0.1, 0.15) is 19.3 Å². The van der Waals surface area contributed by atoms with Crippen LogP contribution in [0.3, 0.4) is 0 Å². The van der Waals surface area contributed by atoms with Crippen LogP contribution in [-0.2, 0) is 27.9 Å². The van der Waals surface area contributed by atoms with Gasteiger partial charge in [-0.25, -0.2) is 0 Å². The zero-order valence-electron chi connectivity index (χ0n) is 45.1. The average Bonchev–Trinajstić information content (AvgIpc) is 3.29. The third kappa shape index (κ3) is 48.7. The first-order valence-electron chi connectivity index (χ1n) is 28.1. The molecule has 0 heterocycles. The summed E-state index contributed by atoms with van der Waals surface area (Å²) in [6.07, 6.45) is 58.9. The van der Waals surface area contributed by atoms with Gasteiger partial charge in [0.15, 0.2) is 0 Å². The summed E-state index contributed by atoms with van der Waals surface area (Å²) >= 11 is 0. The molecule has 68 heavy (non-hydrogen) atoms. The summed E-state index contributed by atoms with van der Waals surface area (Å²) in [6, 6.07) is -0.895. The van der Waals surface area contributed by atoms with Gasteiger partial charge in [-0.1, -0.05) is 204 Å². The van der Waals surface area contributed by atoms with Gasteiger partial charge in [-0.15, -0.1) is 0 Å². The van der Waals surface area contributed by atoms with Crippen molar-refractivity contribution in [3.05, 3.63) is 60.8 Å². The Morgan fingerprint density at radius 2 is 0.941 bits per heavy atom. The lowest BCUT2D eigenvalue weighted by Gasteiger charge is -2.30. The summed E-state index contributed by atoms with van der Waals surface area (Å²) in [5.41, 5.74) is 0. The SMILES string of the molecule is CC/C=C/C/C=C/CCCCCCCCCC(=O)NC(COP(=O)([O-])OCC[N+](C)(C)C)C(/C=C/CCCCCCCCCCC)OC(=O)CCCCCCCCC/C=C\C/C=C\CCCCC. The second-order valence-corrected chi connectivity index (χ2v) is 21.5. The van der Waals surface area contributed by atoms with E-state index < -0.39 is 26.6 Å². The molecule has 0 aliphatic carbocycles. The van der Waals surface area contributed by atoms with Crippen LogP contribution in [0.2, 0.25) is 0 Å². The molecule has 3 unspecified atom stereocenters. The maximum atomic E-state index is 13.4. The highest BCUT2D eigenvalue weighted by atomic mass is 31.2. The number of hydrogen-bond acceptors (Lipinski definition) is 7. The molecule has 396 valence electrons. The molecule has 0 aromatic rings. The van der Waals surface area contributed by atoms with Gasteiger partial charge in [0.25, 0.3) is 7.82 Å². The lowest BCUT2D eigenvalue weighted by molar-refractivity contribution is -0.870. The highest BCUT2D eigenvalue weighted by Crippen LogP contribution is 2.38. The zero-order chi connectivity index (χ0) is 50.1. The van der Waals surface area contributed by atoms with Crippen molar-refractivity contribution >= 4 is 19.7 Å². The quantitative estimate of drug-likeness (QED) is 0.0212. The number of phosphoric ester groups is 1. The number of nitrogens with zero attached hydrogens (tertiary/aromatic N) is 1. The van der Waals surface area contributed by atoms with Gasteiger partial charge in [0.05, 0.1) is 33.8 Å². The van der Waals surface area contributed by atoms with E-state index in [0.29, 0.717) is 17.4 Å². The van der Waals surface area contributed by atoms with Crippen LogP contribution in [0.15, 0.2) is 60.8 Å². The van der Waals surface area contributed by atoms with E-state index in [-0.39, 0.29) is 24.9 Å². The topological polar surface area (TPSA) is 114 Å². The molecular weight excluding hydrogens is 868 g/mol. The third-order valence-corrected chi connectivity index (χ3v) is 13.1. The summed E-state index contributed by atoms with van der Waals surface area (Å²) in [4.78, 5) is 39.8. The van der Waals surface area contributed by atoms with Gasteiger partial charge < -0.3 is 28.5 Å². The van der Waals surface area contributed by atoms with E-state index in [1.807, 2.05) is 33.3 Å². The molecule has 0 aliphatic heterocycles. The molecule has 0 spiro atoms. The molecule has 0 fully saturated rings. The highest BCUT2D eigenvalue weighted by Gasteiger charge is 2.27. The Labute approximate surface area is 420 Å². The minimum atomic E-state index is -4.70. The average molecular weight is 975 g/mol. The Balaban J connectivity index is 5.35. The number of esters is 1. The summed E-state index contributed by atoms with van der Waals surface area (Å²) in [5, 5.41) is 3.01. The zero-order valence-corrected chi connectivity index (χ0v) is 45.9. The van der Waals surface area contributed by atoms with Crippen molar-refractivity contribution in [1.82, 2.24) is 5.32 Å². The number of phosphoric acid groups is 1. The largest absolute Gasteiger partial charge is 0.756 e.